The van der Waals surface area contributed by atoms with Crippen LogP contribution < -0.4 is 0 Å². The Hall–Kier alpha value is 1.17. The van der Waals surface area contributed by atoms with Gasteiger partial charge in [0.05, 0.1) is 0 Å². The topological polar surface area (TPSA) is 0 Å². The van der Waals surface area contributed by atoms with E-state index in [4.69, 9.17) is 0 Å². The first-order valence-corrected chi connectivity index (χ1v) is 12.2. The van der Waals surface area contributed by atoms with Crippen molar-refractivity contribution in [3.8, 4) is 0 Å². The van der Waals surface area contributed by atoms with E-state index >= 15 is 0 Å². The van der Waals surface area contributed by atoms with Crippen molar-refractivity contribution in [3.05, 3.63) is 12.4 Å². The molecule has 0 fully saturated rings. The van der Waals surface area contributed by atoms with Crippen LogP contribution in [0.15, 0.2) is 6.08 Å². The second-order valence-electron chi connectivity index (χ2n) is 3.59. The summed E-state index contributed by atoms with van der Waals surface area (Å²) in [5, 5.41) is 0. The molecule has 0 heterocycles. The molecule has 0 saturated heterocycles. The molecule has 0 nitrogen and oxygen atoms in total. The Kier molecular flexibility index (Phi) is 41.9. The molecule has 0 bridgehead atoms. The minimum atomic E-state index is -2.41. The third-order valence-electron chi connectivity index (χ3n) is 2.75. The molecular weight excluding hydrogens is 381 g/mol. The maximum atomic E-state index is 10.2. The molecule has 21 heavy (non-hydrogen) atoms. The molecule has 0 unspecified atom stereocenters. The fourth-order valence-electron chi connectivity index (χ4n) is 1.34. The van der Waals surface area contributed by atoms with Gasteiger partial charge in [-0.3, -0.25) is 0 Å². The first-order valence-electron chi connectivity index (χ1n) is 7.08. The third kappa shape index (κ3) is 33.8. The summed E-state index contributed by atoms with van der Waals surface area (Å²) >= 11 is 3.35. The van der Waals surface area contributed by atoms with Crippen molar-refractivity contribution in [2.24, 2.45) is 0 Å². The summed E-state index contributed by atoms with van der Waals surface area (Å²) in [6.07, 6.45) is 6.21. The Morgan fingerprint density at radius 3 is 0.905 bits per heavy atom. The van der Waals surface area contributed by atoms with E-state index in [-0.39, 0.29) is 6.33 Å². The monoisotopic (exact) mass is 410 g/mol. The molecule has 7 heteroatoms. The van der Waals surface area contributed by atoms with E-state index in [1.54, 1.807) is 0 Å². The molecule has 0 aromatic heterocycles. The Labute approximate surface area is 144 Å². The van der Waals surface area contributed by atoms with Crippen LogP contribution >= 0.6 is 26.0 Å². The van der Waals surface area contributed by atoms with E-state index in [0.717, 1.165) is 0 Å². The number of hydrogen-bond donors (Lipinski definition) is 0. The molecule has 0 N–H and O–H groups in total. The summed E-state index contributed by atoms with van der Waals surface area (Å²) in [6, 6.07) is 0. The molecule has 0 aliphatic rings. The SMILES string of the molecule is CCP(CC)CC.CCP(CC)CC.F[C-]=C(F)F.[Cl][Ni]. The molecule has 135 valence electrons. The second-order valence-corrected chi connectivity index (χ2v) is 10.1. The van der Waals surface area contributed by atoms with Gasteiger partial charge in [-0.15, -0.1) is 15.8 Å². The van der Waals surface area contributed by atoms with Crippen molar-refractivity contribution >= 4 is 26.0 Å². The quantitative estimate of drug-likeness (QED) is 0.245. The van der Waals surface area contributed by atoms with Gasteiger partial charge >= 0.3 is 24.8 Å². The summed E-state index contributed by atoms with van der Waals surface area (Å²) in [7, 11) is 5.16. The van der Waals surface area contributed by atoms with Crippen molar-refractivity contribution in [3.63, 3.8) is 0 Å². The number of hydrogen-bond acceptors (Lipinski definition) is 0. The molecular formula is C14H30ClF3NiP2-. The van der Waals surface area contributed by atoms with Crippen molar-refractivity contribution < 1.29 is 27.7 Å². The molecule has 0 rings (SSSR count). The van der Waals surface area contributed by atoms with Crippen LogP contribution in [0.1, 0.15) is 41.5 Å². The van der Waals surface area contributed by atoms with Crippen LogP contribution in [0.3, 0.4) is 0 Å². The minimum absolute atomic E-state index is 0.111. The second kappa shape index (κ2) is 29.2. The van der Waals surface area contributed by atoms with Crippen LogP contribution in [-0.4, -0.2) is 37.0 Å². The van der Waals surface area contributed by atoms with Gasteiger partial charge in [0.15, 0.2) is 0 Å². The van der Waals surface area contributed by atoms with Crippen LogP contribution in [0.25, 0.3) is 0 Å². The first-order chi connectivity index (χ1) is 9.96. The van der Waals surface area contributed by atoms with Gasteiger partial charge in [0.1, 0.15) is 6.08 Å². The van der Waals surface area contributed by atoms with E-state index in [1.807, 2.05) is 0 Å². The van der Waals surface area contributed by atoms with Crippen molar-refractivity contribution in [1.29, 1.82) is 0 Å². The predicted molar refractivity (Wildman–Crippen MR) is 93.0 cm³/mol. The molecule has 0 atom stereocenters. The molecule has 0 aromatic carbocycles. The summed E-state index contributed by atoms with van der Waals surface area (Å²) in [5.41, 5.74) is 0. The van der Waals surface area contributed by atoms with E-state index in [2.05, 4.69) is 66.3 Å². The average molecular weight is 411 g/mol. The molecule has 0 spiro atoms. The summed E-state index contributed by atoms with van der Waals surface area (Å²) < 4.78 is 30.5. The van der Waals surface area contributed by atoms with Crippen molar-refractivity contribution in [2.45, 2.75) is 41.5 Å². The zero-order chi connectivity index (χ0) is 17.7. The van der Waals surface area contributed by atoms with E-state index in [0.29, 0.717) is 15.8 Å². The average Bonchev–Trinajstić information content (AvgIpc) is 2.54. The van der Waals surface area contributed by atoms with Gasteiger partial charge in [-0.2, -0.15) is 0 Å². The fraction of sp³-hybridized carbons (Fsp3) is 0.857. The Balaban J connectivity index is -0.0000000986. The normalized spacial score (nSPS) is 8.86. The Bertz CT molecular complexity index is 164. The van der Waals surface area contributed by atoms with Gasteiger partial charge in [0.2, 0.25) is 0 Å². The summed E-state index contributed by atoms with van der Waals surface area (Å²) in [5.74, 6) is 0. The van der Waals surface area contributed by atoms with Gasteiger partial charge in [0, 0.05) is 0 Å². The van der Waals surface area contributed by atoms with Crippen molar-refractivity contribution in [2.75, 3.05) is 37.0 Å². The van der Waals surface area contributed by atoms with Gasteiger partial charge in [0.25, 0.3) is 0 Å². The zero-order valence-electron chi connectivity index (χ0n) is 14.0. The Morgan fingerprint density at radius 1 is 0.762 bits per heavy atom. The van der Waals surface area contributed by atoms with Crippen LogP contribution in [0.5, 0.6) is 0 Å². The van der Waals surface area contributed by atoms with Crippen LogP contribution in [-0.2, 0) is 14.6 Å². The van der Waals surface area contributed by atoms with E-state index < -0.39 is 6.08 Å². The Morgan fingerprint density at radius 2 is 0.905 bits per heavy atom. The van der Waals surface area contributed by atoms with Gasteiger partial charge in [-0.05, 0) is 37.0 Å². The van der Waals surface area contributed by atoms with Crippen molar-refractivity contribution in [1.82, 2.24) is 0 Å². The van der Waals surface area contributed by atoms with E-state index in [9.17, 15) is 13.2 Å². The van der Waals surface area contributed by atoms with Gasteiger partial charge in [-0.1, -0.05) is 41.5 Å². The van der Waals surface area contributed by atoms with Crippen LogP contribution in [0.2, 0.25) is 0 Å². The summed E-state index contributed by atoms with van der Waals surface area (Å²) in [6.45, 7) is 13.7. The van der Waals surface area contributed by atoms with Gasteiger partial charge < -0.3 is 4.39 Å². The van der Waals surface area contributed by atoms with Gasteiger partial charge in [-0.25, -0.2) is 15.1 Å². The molecule has 0 aliphatic heterocycles. The van der Waals surface area contributed by atoms with Crippen LogP contribution in [0.4, 0.5) is 13.2 Å². The molecule has 0 amide bonds. The molecule has 0 aromatic rings. The molecule has 0 saturated carbocycles. The number of rotatable bonds is 6. The van der Waals surface area contributed by atoms with E-state index in [1.165, 1.54) is 37.0 Å². The molecule has 0 aliphatic carbocycles. The standard InChI is InChI=1S/2C6H15P.C2F3.ClH.Ni/c2*1-4-7(5-2)6-3;3-1-2(4)5;;/h2*4-6H2,1-3H3;;1H;/q;;-1;;+1/p-1. The third-order valence-corrected chi connectivity index (χ3v) is 8.12. The zero-order valence-corrected chi connectivity index (χ0v) is 17.5. The number of halogens is 4. The fourth-order valence-corrected chi connectivity index (χ4v) is 4.02. The predicted octanol–water partition coefficient (Wildman–Crippen LogP) is 7.24. The van der Waals surface area contributed by atoms with Crippen LogP contribution in [0, 0.1) is 6.33 Å². The molecule has 0 radical (unpaired) electrons. The maximum absolute atomic E-state index is 10.2. The summed E-state index contributed by atoms with van der Waals surface area (Å²) in [4.78, 5) is 0. The first kappa shape index (κ1) is 30.1.